The van der Waals surface area contributed by atoms with Crippen molar-refractivity contribution in [3.8, 4) is 5.75 Å². The molecular weight excluding hydrogens is 501 g/mol. The number of nitrogens with zero attached hydrogens (tertiary/aromatic N) is 1. The van der Waals surface area contributed by atoms with Crippen LogP contribution in [0.3, 0.4) is 0 Å². The quantitative estimate of drug-likeness (QED) is 0.465. The van der Waals surface area contributed by atoms with Crippen LogP contribution in [0.4, 0.5) is 0 Å². The third-order valence-corrected chi connectivity index (χ3v) is 3.84. The summed E-state index contributed by atoms with van der Waals surface area (Å²) >= 11 is -3.29. The SMILES string of the molecule is COc1cc2c(cc1C=O)CCC2Cc1cnc[nH]1.[Cl][Sn]([Cl])([Cl])[Cl]. The number of H-pyrrole nitrogens is 1. The number of hydrogen-bond donors (Lipinski definition) is 1. The Labute approximate surface area is 159 Å². The molecule has 0 fully saturated rings. The molecule has 2 aromatic rings. The average Bonchev–Trinajstić information content (AvgIpc) is 3.14. The topological polar surface area (TPSA) is 55.0 Å². The van der Waals surface area contributed by atoms with E-state index in [0.29, 0.717) is 17.2 Å². The Kier molecular flexibility index (Phi) is 7.56. The third-order valence-electron chi connectivity index (χ3n) is 3.84. The maximum absolute atomic E-state index is 11.0. The summed E-state index contributed by atoms with van der Waals surface area (Å²) in [5, 5.41) is 0. The second kappa shape index (κ2) is 8.99. The molecule has 0 bridgehead atoms. The molecule has 130 valence electrons. The van der Waals surface area contributed by atoms with E-state index >= 15 is 0 Å². The van der Waals surface area contributed by atoms with Crippen molar-refractivity contribution >= 4 is 55.8 Å². The van der Waals surface area contributed by atoms with Gasteiger partial charge in [0.2, 0.25) is 0 Å². The van der Waals surface area contributed by atoms with Gasteiger partial charge in [-0.2, -0.15) is 0 Å². The van der Waals surface area contributed by atoms with Crippen LogP contribution in [-0.4, -0.2) is 37.2 Å². The van der Waals surface area contributed by atoms with Gasteiger partial charge in [0, 0.05) is 11.9 Å². The number of carbonyl (C=O) groups is 1. The normalized spacial score (nSPS) is 16.1. The Balaban J connectivity index is 0.000000368. The monoisotopic (exact) mass is 516 g/mol. The fourth-order valence-corrected chi connectivity index (χ4v) is 2.88. The molecule has 0 radical (unpaired) electrons. The van der Waals surface area contributed by atoms with Crippen molar-refractivity contribution in [3.05, 3.63) is 47.0 Å². The van der Waals surface area contributed by atoms with Crippen molar-refractivity contribution in [1.82, 2.24) is 9.97 Å². The maximum atomic E-state index is 11.0. The molecule has 1 N–H and O–H groups in total. The number of benzene rings is 1. The molecule has 0 saturated heterocycles. The molecule has 1 aromatic heterocycles. The summed E-state index contributed by atoms with van der Waals surface area (Å²) in [4.78, 5) is 18.2. The number of hydrogen-bond acceptors (Lipinski definition) is 3. The third kappa shape index (κ3) is 5.99. The number of fused-ring (bicyclic) bond motifs is 1. The van der Waals surface area contributed by atoms with Gasteiger partial charge in [0.25, 0.3) is 0 Å². The van der Waals surface area contributed by atoms with Crippen LogP contribution in [0.5, 0.6) is 5.75 Å². The van der Waals surface area contributed by atoms with Crippen LogP contribution < -0.4 is 4.74 Å². The first-order valence-electron chi connectivity index (χ1n) is 7.20. The van der Waals surface area contributed by atoms with E-state index in [-0.39, 0.29) is 0 Å². The van der Waals surface area contributed by atoms with Crippen molar-refractivity contribution in [3.63, 3.8) is 0 Å². The predicted molar refractivity (Wildman–Crippen MR) is 101 cm³/mol. The van der Waals surface area contributed by atoms with Gasteiger partial charge in [0.1, 0.15) is 5.75 Å². The molecule has 1 unspecified atom stereocenters. The van der Waals surface area contributed by atoms with E-state index in [1.54, 1.807) is 13.4 Å². The first-order valence-corrected chi connectivity index (χ1v) is 21.7. The molecule has 1 heterocycles. The number of methoxy groups -OCH3 is 1. The molecule has 0 aliphatic heterocycles. The second-order valence-electron chi connectivity index (χ2n) is 5.36. The standard InChI is InChI=1S/C15H16N2O2.4ClH.Sn/c1-19-15-6-14-10(4-12(15)8-18)2-3-11(14)5-13-7-16-9-17-13;;;;;/h4,6-9,11H,2-3,5H2,1H3,(H,16,17);4*1H;/q;;;;;+4/p-4. The van der Waals surface area contributed by atoms with E-state index in [1.165, 1.54) is 11.1 Å². The second-order valence-corrected chi connectivity index (χ2v) is 30.8. The molecule has 4 nitrogen and oxygen atoms in total. The van der Waals surface area contributed by atoms with Gasteiger partial charge in [-0.05, 0) is 48.4 Å². The van der Waals surface area contributed by atoms with Crippen LogP contribution in [0.15, 0.2) is 24.7 Å². The number of rotatable bonds is 4. The van der Waals surface area contributed by atoms with Crippen molar-refractivity contribution in [2.45, 2.75) is 25.2 Å². The van der Waals surface area contributed by atoms with E-state index in [2.05, 4.69) is 9.97 Å². The molecule has 0 spiro atoms. The van der Waals surface area contributed by atoms with E-state index in [9.17, 15) is 4.79 Å². The Bertz CT molecular complexity index is 684. The van der Waals surface area contributed by atoms with Gasteiger partial charge in [-0.15, -0.1) is 0 Å². The van der Waals surface area contributed by atoms with Gasteiger partial charge in [0.15, 0.2) is 6.29 Å². The fourth-order valence-electron chi connectivity index (χ4n) is 2.88. The van der Waals surface area contributed by atoms with Crippen molar-refractivity contribution in [1.29, 1.82) is 0 Å². The number of nitrogens with one attached hydrogen (secondary N) is 1. The summed E-state index contributed by atoms with van der Waals surface area (Å²) in [7, 11) is 21.8. The zero-order valence-electron chi connectivity index (χ0n) is 12.9. The zero-order valence-corrected chi connectivity index (χ0v) is 18.7. The van der Waals surface area contributed by atoms with E-state index in [1.807, 2.05) is 18.3 Å². The summed E-state index contributed by atoms with van der Waals surface area (Å²) in [6, 6.07) is 3.99. The molecule has 1 atom stereocenters. The van der Waals surface area contributed by atoms with Gasteiger partial charge >= 0.3 is 49.6 Å². The molecule has 0 saturated carbocycles. The molecule has 0 amide bonds. The fraction of sp³-hybridized carbons (Fsp3) is 0.333. The molecule has 1 aliphatic rings. The molecule has 3 rings (SSSR count). The van der Waals surface area contributed by atoms with Crippen molar-refractivity contribution < 1.29 is 9.53 Å². The van der Waals surface area contributed by atoms with E-state index in [0.717, 1.165) is 31.2 Å². The first-order chi connectivity index (χ1) is 11.3. The number of aromatic nitrogens is 2. The Morgan fingerprint density at radius 1 is 1.38 bits per heavy atom. The van der Waals surface area contributed by atoms with Gasteiger partial charge in [-0.3, -0.25) is 4.79 Å². The van der Waals surface area contributed by atoms with E-state index < -0.39 is 13.9 Å². The van der Waals surface area contributed by atoms with Crippen molar-refractivity contribution in [2.75, 3.05) is 7.11 Å². The Morgan fingerprint density at radius 2 is 2.08 bits per heavy atom. The number of ether oxygens (including phenoxy) is 1. The first kappa shape index (κ1) is 20.2. The van der Waals surface area contributed by atoms with E-state index in [4.69, 9.17) is 40.4 Å². The Morgan fingerprint density at radius 3 is 2.62 bits per heavy atom. The van der Waals surface area contributed by atoms with Crippen LogP contribution in [0.25, 0.3) is 0 Å². The van der Waals surface area contributed by atoms with Crippen LogP contribution in [0, 0.1) is 0 Å². The summed E-state index contributed by atoms with van der Waals surface area (Å²) in [6.07, 6.45) is 7.53. The molecule has 1 aromatic carbocycles. The average molecular weight is 517 g/mol. The molecule has 24 heavy (non-hydrogen) atoms. The number of aryl methyl sites for hydroxylation is 1. The number of imidazole rings is 1. The molecule has 9 heteroatoms. The number of aromatic amines is 1. The summed E-state index contributed by atoms with van der Waals surface area (Å²) < 4.78 is 5.29. The zero-order chi connectivity index (χ0) is 17.7. The minimum absolute atomic E-state index is 0.477. The summed E-state index contributed by atoms with van der Waals surface area (Å²) in [6.45, 7) is 0. The molecule has 1 aliphatic carbocycles. The number of aldehydes is 1. The van der Waals surface area contributed by atoms with Gasteiger partial charge < -0.3 is 9.72 Å². The minimum atomic E-state index is -3.29. The van der Waals surface area contributed by atoms with Gasteiger partial charge in [-0.25, -0.2) is 4.98 Å². The van der Waals surface area contributed by atoms with Crippen LogP contribution >= 0.6 is 35.7 Å². The van der Waals surface area contributed by atoms with Crippen LogP contribution in [0.1, 0.15) is 39.5 Å². The molecular formula is C15H16Cl4N2O2Sn. The predicted octanol–water partition coefficient (Wildman–Crippen LogP) is 4.88. The summed E-state index contributed by atoms with van der Waals surface area (Å²) in [5.74, 6) is 1.15. The summed E-state index contributed by atoms with van der Waals surface area (Å²) in [5.41, 5.74) is 4.36. The van der Waals surface area contributed by atoms with Crippen LogP contribution in [-0.2, 0) is 12.8 Å². The van der Waals surface area contributed by atoms with Crippen LogP contribution in [0.2, 0.25) is 0 Å². The number of halogens is 4. The number of carbonyl (C=O) groups excluding carboxylic acids is 1. The van der Waals surface area contributed by atoms with Crippen molar-refractivity contribution in [2.24, 2.45) is 0 Å². The Hall–Kier alpha value is -0.141. The van der Waals surface area contributed by atoms with Gasteiger partial charge in [0.05, 0.1) is 19.0 Å². The van der Waals surface area contributed by atoms with Gasteiger partial charge in [-0.1, -0.05) is 0 Å².